The van der Waals surface area contributed by atoms with E-state index in [2.05, 4.69) is 58.9 Å². The second-order valence-electron chi connectivity index (χ2n) is 5.37. The Balaban J connectivity index is 2.16. The number of hydrogen-bond donors (Lipinski definition) is 2. The minimum Gasteiger partial charge on any atom is -0.308 e. The average molecular weight is 298 g/mol. The van der Waals surface area contributed by atoms with Gasteiger partial charge >= 0.3 is 0 Å². The molecule has 0 bridgehead atoms. The highest BCUT2D eigenvalue weighted by Crippen LogP contribution is 2.36. The molecule has 0 spiro atoms. The predicted octanol–water partition coefficient (Wildman–Crippen LogP) is 4.08. The second-order valence-corrected chi connectivity index (χ2v) is 6.23. The zero-order valence-corrected chi connectivity index (χ0v) is 13.2. The molecular weight excluding hydrogens is 280 g/mol. The third-order valence-electron chi connectivity index (χ3n) is 3.57. The molecule has 2 aromatic heterocycles. The summed E-state index contributed by atoms with van der Waals surface area (Å²) >= 11 is 1.62. The maximum Gasteiger partial charge on any atom is 0.153 e. The van der Waals surface area contributed by atoms with Gasteiger partial charge in [-0.15, -0.1) is 11.3 Å². The van der Waals surface area contributed by atoms with E-state index in [0.717, 1.165) is 27.2 Å². The second kappa shape index (κ2) is 5.42. The van der Waals surface area contributed by atoms with Gasteiger partial charge in [-0.3, -0.25) is 0 Å². The molecule has 1 aromatic carbocycles. The molecule has 4 nitrogen and oxygen atoms in total. The van der Waals surface area contributed by atoms with Crippen LogP contribution in [-0.4, -0.2) is 9.97 Å². The number of nitrogens with zero attached hydrogens (tertiary/aromatic N) is 2. The number of nitrogens with two attached hydrogens (primary N) is 1. The van der Waals surface area contributed by atoms with Crippen LogP contribution >= 0.6 is 11.3 Å². The summed E-state index contributed by atoms with van der Waals surface area (Å²) in [6.07, 6.45) is 0. The van der Waals surface area contributed by atoms with E-state index in [1.165, 1.54) is 5.56 Å². The SMILES string of the molecule is Cc1nc(NN)c2c(-c3ccc(C(C)C)cc3)csc2n1. The number of aryl methyl sites for hydroxylation is 1. The first-order valence-corrected chi connectivity index (χ1v) is 7.81. The number of fused-ring (bicyclic) bond motifs is 1. The van der Waals surface area contributed by atoms with Gasteiger partial charge in [0.05, 0.1) is 5.39 Å². The van der Waals surface area contributed by atoms with Gasteiger partial charge in [-0.1, -0.05) is 38.1 Å². The molecule has 0 saturated heterocycles. The van der Waals surface area contributed by atoms with Gasteiger partial charge < -0.3 is 5.43 Å². The van der Waals surface area contributed by atoms with Crippen molar-refractivity contribution < 1.29 is 0 Å². The van der Waals surface area contributed by atoms with Crippen molar-refractivity contribution >= 4 is 27.4 Å². The van der Waals surface area contributed by atoms with Crippen LogP contribution in [0.4, 0.5) is 5.82 Å². The molecule has 0 saturated carbocycles. The first kappa shape index (κ1) is 14.0. The van der Waals surface area contributed by atoms with E-state index in [0.29, 0.717) is 11.7 Å². The molecule has 0 aliphatic carbocycles. The Bertz CT molecular complexity index is 775. The van der Waals surface area contributed by atoms with Crippen LogP contribution in [-0.2, 0) is 0 Å². The summed E-state index contributed by atoms with van der Waals surface area (Å²) in [5.74, 6) is 7.56. The van der Waals surface area contributed by atoms with E-state index in [1.54, 1.807) is 11.3 Å². The van der Waals surface area contributed by atoms with E-state index >= 15 is 0 Å². The largest absolute Gasteiger partial charge is 0.308 e. The van der Waals surface area contributed by atoms with Crippen molar-refractivity contribution in [2.24, 2.45) is 5.84 Å². The van der Waals surface area contributed by atoms with Gasteiger partial charge in [0.15, 0.2) is 5.82 Å². The summed E-state index contributed by atoms with van der Waals surface area (Å²) in [6.45, 7) is 6.27. The Morgan fingerprint density at radius 1 is 1.14 bits per heavy atom. The molecule has 0 amide bonds. The molecule has 0 radical (unpaired) electrons. The molecule has 2 heterocycles. The van der Waals surface area contributed by atoms with Crippen LogP contribution in [0, 0.1) is 6.92 Å². The number of hydrazine groups is 1. The normalized spacial score (nSPS) is 11.3. The summed E-state index contributed by atoms with van der Waals surface area (Å²) < 4.78 is 0. The fourth-order valence-electron chi connectivity index (χ4n) is 2.41. The van der Waals surface area contributed by atoms with Crippen molar-refractivity contribution in [3.05, 3.63) is 41.0 Å². The number of nitrogens with one attached hydrogen (secondary N) is 1. The number of anilines is 1. The van der Waals surface area contributed by atoms with Crippen LogP contribution in [0.5, 0.6) is 0 Å². The molecule has 0 fully saturated rings. The lowest BCUT2D eigenvalue weighted by molar-refractivity contribution is 0.867. The Hall–Kier alpha value is -1.98. The number of hydrogen-bond acceptors (Lipinski definition) is 5. The van der Waals surface area contributed by atoms with Gasteiger partial charge in [0.1, 0.15) is 10.7 Å². The fourth-order valence-corrected chi connectivity index (χ4v) is 3.41. The van der Waals surface area contributed by atoms with Crippen molar-refractivity contribution in [1.29, 1.82) is 0 Å². The van der Waals surface area contributed by atoms with Gasteiger partial charge in [-0.25, -0.2) is 15.8 Å². The fraction of sp³-hybridized carbons (Fsp3) is 0.250. The first-order chi connectivity index (χ1) is 10.1. The Morgan fingerprint density at radius 3 is 2.48 bits per heavy atom. The van der Waals surface area contributed by atoms with Gasteiger partial charge in [0, 0.05) is 10.9 Å². The monoisotopic (exact) mass is 298 g/mol. The highest BCUT2D eigenvalue weighted by molar-refractivity contribution is 7.17. The number of aromatic nitrogens is 2. The van der Waals surface area contributed by atoms with Crippen molar-refractivity contribution in [3.63, 3.8) is 0 Å². The third-order valence-corrected chi connectivity index (χ3v) is 4.44. The molecule has 0 unspecified atom stereocenters. The van der Waals surface area contributed by atoms with E-state index in [-0.39, 0.29) is 0 Å². The van der Waals surface area contributed by atoms with E-state index < -0.39 is 0 Å². The standard InChI is InChI=1S/C16H18N4S/c1-9(2)11-4-6-12(7-5-11)13-8-21-16-14(13)15(20-17)18-10(3)19-16/h4-9H,17H2,1-3H3,(H,18,19,20). The van der Waals surface area contributed by atoms with Crippen LogP contribution in [0.2, 0.25) is 0 Å². The summed E-state index contributed by atoms with van der Waals surface area (Å²) in [7, 11) is 0. The minimum atomic E-state index is 0.533. The van der Waals surface area contributed by atoms with E-state index in [1.807, 2.05) is 6.92 Å². The topological polar surface area (TPSA) is 63.8 Å². The number of thiophene rings is 1. The predicted molar refractivity (Wildman–Crippen MR) is 89.5 cm³/mol. The Kier molecular flexibility index (Phi) is 3.61. The lowest BCUT2D eigenvalue weighted by atomic mass is 9.99. The zero-order chi connectivity index (χ0) is 15.0. The summed E-state index contributed by atoms with van der Waals surface area (Å²) in [6, 6.07) is 8.65. The quantitative estimate of drug-likeness (QED) is 0.565. The Morgan fingerprint density at radius 2 is 1.86 bits per heavy atom. The molecule has 5 heteroatoms. The van der Waals surface area contributed by atoms with E-state index in [4.69, 9.17) is 5.84 Å². The lowest BCUT2D eigenvalue weighted by Gasteiger charge is -2.08. The molecule has 0 atom stereocenters. The molecule has 3 N–H and O–H groups in total. The number of nitrogen functional groups attached to an aromatic ring is 1. The van der Waals surface area contributed by atoms with Crippen LogP contribution in [0.1, 0.15) is 31.2 Å². The maximum absolute atomic E-state index is 5.62. The number of benzene rings is 1. The molecular formula is C16H18N4S. The molecule has 3 aromatic rings. The van der Waals surface area contributed by atoms with Gasteiger partial charge in [0.2, 0.25) is 0 Å². The number of rotatable bonds is 3. The van der Waals surface area contributed by atoms with E-state index in [9.17, 15) is 0 Å². The smallest absolute Gasteiger partial charge is 0.153 e. The highest BCUT2D eigenvalue weighted by Gasteiger charge is 2.13. The average Bonchev–Trinajstić information content (AvgIpc) is 2.90. The molecule has 21 heavy (non-hydrogen) atoms. The molecule has 0 aliphatic heterocycles. The summed E-state index contributed by atoms with van der Waals surface area (Å²) in [5, 5.41) is 3.11. The van der Waals surface area contributed by atoms with Crippen molar-refractivity contribution in [2.45, 2.75) is 26.7 Å². The van der Waals surface area contributed by atoms with Crippen LogP contribution < -0.4 is 11.3 Å². The maximum atomic E-state index is 5.62. The van der Waals surface area contributed by atoms with Crippen molar-refractivity contribution in [1.82, 2.24) is 9.97 Å². The summed E-state index contributed by atoms with van der Waals surface area (Å²) in [4.78, 5) is 9.83. The Labute approximate surface area is 128 Å². The molecule has 108 valence electrons. The van der Waals surface area contributed by atoms with Gasteiger partial charge in [-0.05, 0) is 24.0 Å². The first-order valence-electron chi connectivity index (χ1n) is 6.93. The van der Waals surface area contributed by atoms with Crippen LogP contribution in [0.3, 0.4) is 0 Å². The van der Waals surface area contributed by atoms with Crippen molar-refractivity contribution in [2.75, 3.05) is 5.43 Å². The van der Waals surface area contributed by atoms with Gasteiger partial charge in [-0.2, -0.15) is 0 Å². The lowest BCUT2D eigenvalue weighted by Crippen LogP contribution is -2.10. The van der Waals surface area contributed by atoms with Gasteiger partial charge in [0.25, 0.3) is 0 Å². The summed E-state index contributed by atoms with van der Waals surface area (Å²) in [5.41, 5.74) is 6.31. The third kappa shape index (κ3) is 2.50. The van der Waals surface area contributed by atoms with Crippen LogP contribution in [0.15, 0.2) is 29.6 Å². The van der Waals surface area contributed by atoms with Crippen molar-refractivity contribution in [3.8, 4) is 11.1 Å². The van der Waals surface area contributed by atoms with Crippen LogP contribution in [0.25, 0.3) is 21.3 Å². The molecule has 3 rings (SSSR count). The molecule has 0 aliphatic rings. The minimum absolute atomic E-state index is 0.533. The zero-order valence-electron chi connectivity index (χ0n) is 12.3. The highest BCUT2D eigenvalue weighted by atomic mass is 32.1.